The van der Waals surface area contributed by atoms with Crippen LogP contribution in [0.2, 0.25) is 0 Å². The Balaban J connectivity index is 3.57. The Labute approximate surface area is 111 Å². The number of methoxy groups -OCH3 is 1. The SMILES string of the molecule is COCCOCC(O)CN(C)CCC(N)C(C)C. The molecule has 3 N–H and O–H groups in total. The summed E-state index contributed by atoms with van der Waals surface area (Å²) in [6.45, 7) is 7.20. The Bertz CT molecular complexity index is 191. The fraction of sp³-hybridized carbons (Fsp3) is 1.00. The molecule has 0 fully saturated rings. The van der Waals surface area contributed by atoms with E-state index in [1.807, 2.05) is 7.05 Å². The molecule has 5 nitrogen and oxygen atoms in total. The van der Waals surface area contributed by atoms with Crippen LogP contribution in [-0.4, -0.2) is 69.2 Å². The number of aliphatic hydroxyl groups is 1. The highest BCUT2D eigenvalue weighted by molar-refractivity contribution is 4.68. The zero-order valence-corrected chi connectivity index (χ0v) is 12.3. The van der Waals surface area contributed by atoms with Gasteiger partial charge in [-0.3, -0.25) is 0 Å². The van der Waals surface area contributed by atoms with Crippen LogP contribution in [0, 0.1) is 5.92 Å². The summed E-state index contributed by atoms with van der Waals surface area (Å²) < 4.78 is 10.1. The summed E-state index contributed by atoms with van der Waals surface area (Å²) in [4.78, 5) is 2.09. The van der Waals surface area contributed by atoms with Crippen molar-refractivity contribution in [2.75, 3.05) is 47.1 Å². The lowest BCUT2D eigenvalue weighted by Crippen LogP contribution is -2.36. The van der Waals surface area contributed by atoms with E-state index in [9.17, 15) is 5.11 Å². The van der Waals surface area contributed by atoms with Crippen LogP contribution in [0.15, 0.2) is 0 Å². The Hall–Kier alpha value is -0.200. The number of ether oxygens (including phenoxy) is 2. The Morgan fingerprint density at radius 3 is 2.50 bits per heavy atom. The third kappa shape index (κ3) is 9.79. The van der Waals surface area contributed by atoms with Crippen molar-refractivity contribution in [1.29, 1.82) is 0 Å². The molecule has 0 spiro atoms. The molecule has 0 rings (SSSR count). The smallest absolute Gasteiger partial charge is 0.0900 e. The summed E-state index contributed by atoms with van der Waals surface area (Å²) in [5.41, 5.74) is 5.98. The van der Waals surface area contributed by atoms with Crippen molar-refractivity contribution in [3.8, 4) is 0 Å². The van der Waals surface area contributed by atoms with Crippen LogP contribution < -0.4 is 5.73 Å². The van der Waals surface area contributed by atoms with Crippen molar-refractivity contribution in [3.63, 3.8) is 0 Å². The summed E-state index contributed by atoms with van der Waals surface area (Å²) in [6.07, 6.45) is 0.493. The van der Waals surface area contributed by atoms with Crippen LogP contribution in [0.3, 0.4) is 0 Å². The molecule has 0 aliphatic rings. The fourth-order valence-electron chi connectivity index (χ4n) is 1.57. The number of likely N-dealkylation sites (N-methyl/N-ethyl adjacent to an activating group) is 1. The number of rotatable bonds is 11. The maximum absolute atomic E-state index is 9.75. The van der Waals surface area contributed by atoms with E-state index in [0.717, 1.165) is 13.0 Å². The predicted octanol–water partition coefficient (Wildman–Crippen LogP) is 0.316. The first-order chi connectivity index (χ1) is 8.47. The van der Waals surface area contributed by atoms with Gasteiger partial charge in [-0.1, -0.05) is 13.8 Å². The third-order valence-electron chi connectivity index (χ3n) is 2.96. The standard InChI is InChI=1S/C13H30N2O3/c1-11(2)13(14)5-6-15(3)9-12(16)10-18-8-7-17-4/h11-13,16H,5-10,14H2,1-4H3. The number of hydrogen-bond donors (Lipinski definition) is 2. The normalized spacial score (nSPS) is 15.3. The molecule has 0 saturated carbocycles. The Kier molecular flexibility index (Phi) is 10.6. The van der Waals surface area contributed by atoms with Crippen molar-refractivity contribution in [2.45, 2.75) is 32.4 Å². The highest BCUT2D eigenvalue weighted by Gasteiger charge is 2.11. The third-order valence-corrected chi connectivity index (χ3v) is 2.96. The number of nitrogens with two attached hydrogens (primary N) is 1. The molecule has 0 aliphatic heterocycles. The maximum Gasteiger partial charge on any atom is 0.0900 e. The summed E-state index contributed by atoms with van der Waals surface area (Å²) in [6, 6.07) is 0.225. The van der Waals surface area contributed by atoms with Gasteiger partial charge in [-0.2, -0.15) is 0 Å². The van der Waals surface area contributed by atoms with E-state index in [1.54, 1.807) is 7.11 Å². The largest absolute Gasteiger partial charge is 0.389 e. The van der Waals surface area contributed by atoms with E-state index in [2.05, 4.69) is 18.7 Å². The Morgan fingerprint density at radius 1 is 1.28 bits per heavy atom. The van der Waals surface area contributed by atoms with Crippen LogP contribution in [0.4, 0.5) is 0 Å². The average molecular weight is 262 g/mol. The van der Waals surface area contributed by atoms with Gasteiger partial charge in [0.05, 0.1) is 25.9 Å². The van der Waals surface area contributed by atoms with E-state index >= 15 is 0 Å². The Morgan fingerprint density at radius 2 is 1.94 bits per heavy atom. The van der Waals surface area contributed by atoms with Crippen molar-refractivity contribution < 1.29 is 14.6 Å². The van der Waals surface area contributed by atoms with Gasteiger partial charge in [-0.25, -0.2) is 0 Å². The highest BCUT2D eigenvalue weighted by atomic mass is 16.5. The molecule has 0 aromatic rings. The van der Waals surface area contributed by atoms with E-state index < -0.39 is 6.10 Å². The highest BCUT2D eigenvalue weighted by Crippen LogP contribution is 2.04. The number of aliphatic hydroxyl groups excluding tert-OH is 1. The zero-order chi connectivity index (χ0) is 14.0. The molecule has 0 bridgehead atoms. The molecule has 0 saturated heterocycles. The van der Waals surface area contributed by atoms with Gasteiger partial charge in [-0.05, 0) is 25.9 Å². The van der Waals surface area contributed by atoms with Crippen molar-refractivity contribution in [3.05, 3.63) is 0 Å². The minimum absolute atomic E-state index is 0.225. The molecule has 5 heteroatoms. The molecular weight excluding hydrogens is 232 g/mol. The van der Waals surface area contributed by atoms with Crippen LogP contribution in [0.25, 0.3) is 0 Å². The lowest BCUT2D eigenvalue weighted by Gasteiger charge is -2.23. The summed E-state index contributed by atoms with van der Waals surface area (Å²) in [5, 5.41) is 9.75. The van der Waals surface area contributed by atoms with E-state index in [1.165, 1.54) is 0 Å². The van der Waals surface area contributed by atoms with Gasteiger partial charge in [0, 0.05) is 19.7 Å². The van der Waals surface area contributed by atoms with Gasteiger partial charge in [0.1, 0.15) is 0 Å². The van der Waals surface area contributed by atoms with Gasteiger partial charge in [0.15, 0.2) is 0 Å². The first-order valence-electron chi connectivity index (χ1n) is 6.66. The molecule has 2 atom stereocenters. The van der Waals surface area contributed by atoms with Crippen molar-refractivity contribution >= 4 is 0 Å². The lowest BCUT2D eigenvalue weighted by molar-refractivity contribution is 0.00209. The second kappa shape index (κ2) is 10.7. The molecule has 0 aromatic heterocycles. The maximum atomic E-state index is 9.75. The minimum Gasteiger partial charge on any atom is -0.389 e. The van der Waals surface area contributed by atoms with Gasteiger partial charge < -0.3 is 25.2 Å². The predicted molar refractivity (Wildman–Crippen MR) is 73.6 cm³/mol. The monoisotopic (exact) mass is 262 g/mol. The number of nitrogens with zero attached hydrogens (tertiary/aromatic N) is 1. The average Bonchev–Trinajstić information content (AvgIpc) is 2.31. The van der Waals surface area contributed by atoms with Gasteiger partial charge in [0.2, 0.25) is 0 Å². The second-order valence-electron chi connectivity index (χ2n) is 5.18. The summed E-state index contributed by atoms with van der Waals surface area (Å²) in [5.74, 6) is 0.501. The van der Waals surface area contributed by atoms with Crippen molar-refractivity contribution in [1.82, 2.24) is 4.90 Å². The minimum atomic E-state index is -0.456. The van der Waals surface area contributed by atoms with Gasteiger partial charge in [0.25, 0.3) is 0 Å². The van der Waals surface area contributed by atoms with Crippen molar-refractivity contribution in [2.24, 2.45) is 11.7 Å². The summed E-state index contributed by atoms with van der Waals surface area (Å²) in [7, 11) is 3.62. The van der Waals surface area contributed by atoms with E-state index in [-0.39, 0.29) is 6.04 Å². The molecule has 0 aromatic carbocycles. The van der Waals surface area contributed by atoms with Crippen LogP contribution in [-0.2, 0) is 9.47 Å². The molecule has 0 aliphatic carbocycles. The first kappa shape index (κ1) is 17.8. The zero-order valence-electron chi connectivity index (χ0n) is 12.3. The second-order valence-corrected chi connectivity index (χ2v) is 5.18. The molecular formula is C13H30N2O3. The van der Waals surface area contributed by atoms with Crippen LogP contribution >= 0.6 is 0 Å². The molecule has 0 amide bonds. The quantitative estimate of drug-likeness (QED) is 0.525. The van der Waals surface area contributed by atoms with Gasteiger partial charge in [-0.15, -0.1) is 0 Å². The molecule has 18 heavy (non-hydrogen) atoms. The van der Waals surface area contributed by atoms with Crippen LogP contribution in [0.5, 0.6) is 0 Å². The van der Waals surface area contributed by atoms with Gasteiger partial charge >= 0.3 is 0 Å². The molecule has 0 heterocycles. The molecule has 0 radical (unpaired) electrons. The van der Waals surface area contributed by atoms with Crippen LogP contribution in [0.1, 0.15) is 20.3 Å². The summed E-state index contributed by atoms with van der Waals surface area (Å²) >= 11 is 0. The lowest BCUT2D eigenvalue weighted by atomic mass is 10.0. The number of hydrogen-bond acceptors (Lipinski definition) is 5. The fourth-order valence-corrected chi connectivity index (χ4v) is 1.57. The van der Waals surface area contributed by atoms with E-state index in [0.29, 0.717) is 32.3 Å². The first-order valence-corrected chi connectivity index (χ1v) is 6.66. The molecule has 110 valence electrons. The molecule has 2 unspecified atom stereocenters. The topological polar surface area (TPSA) is 68.0 Å². The van der Waals surface area contributed by atoms with E-state index in [4.69, 9.17) is 15.2 Å².